The second-order valence-corrected chi connectivity index (χ2v) is 9.38. The fraction of sp³-hybridized carbons (Fsp3) is 0.208. The van der Waals surface area contributed by atoms with Crippen LogP contribution in [0.5, 0.6) is 5.75 Å². The summed E-state index contributed by atoms with van der Waals surface area (Å²) in [5.74, 6) is 0.543. The maximum absolute atomic E-state index is 12.7. The van der Waals surface area contributed by atoms with Crippen molar-refractivity contribution in [3.8, 4) is 5.75 Å². The monoisotopic (exact) mass is 462 g/mol. The van der Waals surface area contributed by atoms with Gasteiger partial charge >= 0.3 is 0 Å². The number of benzene rings is 2. The summed E-state index contributed by atoms with van der Waals surface area (Å²) in [6.45, 7) is 3.18. The van der Waals surface area contributed by atoms with E-state index in [2.05, 4.69) is 44.5 Å². The van der Waals surface area contributed by atoms with Gasteiger partial charge in [-0.2, -0.15) is 0 Å². The van der Waals surface area contributed by atoms with Crippen molar-refractivity contribution in [3.63, 3.8) is 0 Å². The van der Waals surface area contributed by atoms with Crippen LogP contribution in [0.2, 0.25) is 0 Å². The first-order valence-electron chi connectivity index (χ1n) is 10.4. The molecule has 32 heavy (non-hydrogen) atoms. The number of hydrogen-bond acceptors (Lipinski definition) is 7. The van der Waals surface area contributed by atoms with E-state index in [0.29, 0.717) is 23.1 Å². The number of carbonyl (C=O) groups is 1. The molecular formula is C24H22N4O2S2. The average molecular weight is 463 g/mol. The molecule has 8 heteroatoms. The van der Waals surface area contributed by atoms with Crippen LogP contribution in [0, 0.1) is 0 Å². The fourth-order valence-electron chi connectivity index (χ4n) is 3.62. The molecule has 0 saturated heterocycles. The third kappa shape index (κ3) is 5.04. The normalized spacial score (nSPS) is 13.5. The number of ether oxygens (including phenoxy) is 1. The van der Waals surface area contributed by atoms with Crippen molar-refractivity contribution in [1.29, 1.82) is 0 Å². The Balaban J connectivity index is 1.17. The predicted octanol–water partition coefficient (Wildman–Crippen LogP) is 4.99. The predicted molar refractivity (Wildman–Crippen MR) is 127 cm³/mol. The Kier molecular flexibility index (Phi) is 6.24. The molecule has 1 aliphatic rings. The van der Waals surface area contributed by atoms with Gasteiger partial charge in [-0.05, 0) is 29.8 Å². The first-order chi connectivity index (χ1) is 15.7. The highest BCUT2D eigenvalue weighted by molar-refractivity contribution is 7.15. The van der Waals surface area contributed by atoms with E-state index in [4.69, 9.17) is 4.74 Å². The van der Waals surface area contributed by atoms with Crippen molar-refractivity contribution in [3.05, 3.63) is 92.9 Å². The van der Waals surface area contributed by atoms with Crippen LogP contribution in [0.1, 0.15) is 32.2 Å². The van der Waals surface area contributed by atoms with E-state index in [1.807, 2.05) is 11.4 Å². The number of hydrogen-bond donors (Lipinski definition) is 1. The standard InChI is InChI=1S/C24H22N4O2S2/c29-23(18-6-8-20(9-7-18)30-14-19-15-31-16-25-19)27-24-26-21-10-11-28(13-22(21)32-24)12-17-4-2-1-3-5-17/h1-9,15-16H,10-14H2,(H,26,27,29). The maximum Gasteiger partial charge on any atom is 0.257 e. The smallest absolute Gasteiger partial charge is 0.257 e. The summed E-state index contributed by atoms with van der Waals surface area (Å²) in [4.78, 5) is 25.2. The van der Waals surface area contributed by atoms with Crippen molar-refractivity contribution in [2.45, 2.75) is 26.1 Å². The molecule has 6 nitrogen and oxygen atoms in total. The van der Waals surface area contributed by atoms with Gasteiger partial charge in [-0.15, -0.1) is 22.7 Å². The Morgan fingerprint density at radius 3 is 2.75 bits per heavy atom. The molecule has 1 N–H and O–H groups in total. The summed E-state index contributed by atoms with van der Waals surface area (Å²) in [6, 6.07) is 17.6. The second kappa shape index (κ2) is 9.60. The molecular weight excluding hydrogens is 440 g/mol. The van der Waals surface area contributed by atoms with Gasteiger partial charge in [0.15, 0.2) is 5.13 Å². The summed E-state index contributed by atoms with van der Waals surface area (Å²) in [7, 11) is 0. The van der Waals surface area contributed by atoms with E-state index in [1.54, 1.807) is 52.4 Å². The highest BCUT2D eigenvalue weighted by Crippen LogP contribution is 2.29. The van der Waals surface area contributed by atoms with Gasteiger partial charge in [0.2, 0.25) is 0 Å². The van der Waals surface area contributed by atoms with Gasteiger partial charge in [0, 0.05) is 41.9 Å². The van der Waals surface area contributed by atoms with Gasteiger partial charge in [0.1, 0.15) is 12.4 Å². The molecule has 0 atom stereocenters. The van der Waals surface area contributed by atoms with Gasteiger partial charge in [-0.3, -0.25) is 15.0 Å². The number of anilines is 1. The van der Waals surface area contributed by atoms with Crippen molar-refractivity contribution in [1.82, 2.24) is 14.9 Å². The number of nitrogens with zero attached hydrogens (tertiary/aromatic N) is 3. The van der Waals surface area contributed by atoms with Gasteiger partial charge in [-0.25, -0.2) is 9.97 Å². The van der Waals surface area contributed by atoms with Crippen LogP contribution in [-0.4, -0.2) is 27.3 Å². The Morgan fingerprint density at radius 2 is 1.97 bits per heavy atom. The zero-order valence-electron chi connectivity index (χ0n) is 17.4. The summed E-state index contributed by atoms with van der Waals surface area (Å²) >= 11 is 3.11. The molecule has 0 saturated carbocycles. The lowest BCUT2D eigenvalue weighted by Gasteiger charge is -2.25. The van der Waals surface area contributed by atoms with E-state index in [1.165, 1.54) is 10.4 Å². The quantitative estimate of drug-likeness (QED) is 0.419. The van der Waals surface area contributed by atoms with E-state index in [9.17, 15) is 4.79 Å². The average Bonchev–Trinajstić information content (AvgIpc) is 3.48. The van der Waals surface area contributed by atoms with E-state index < -0.39 is 0 Å². The molecule has 2 aromatic carbocycles. The molecule has 4 aromatic rings. The van der Waals surface area contributed by atoms with Crippen LogP contribution in [0.25, 0.3) is 0 Å². The van der Waals surface area contributed by atoms with Gasteiger partial charge < -0.3 is 4.74 Å². The molecule has 1 amide bonds. The lowest BCUT2D eigenvalue weighted by atomic mass is 10.1. The summed E-state index contributed by atoms with van der Waals surface area (Å²) in [5, 5.41) is 5.57. The first-order valence-corrected chi connectivity index (χ1v) is 12.1. The summed E-state index contributed by atoms with van der Waals surface area (Å²) in [5.41, 5.74) is 5.66. The van der Waals surface area contributed by atoms with Crippen LogP contribution < -0.4 is 10.1 Å². The molecule has 0 unspecified atom stereocenters. The highest BCUT2D eigenvalue weighted by atomic mass is 32.1. The van der Waals surface area contributed by atoms with E-state index in [0.717, 1.165) is 37.4 Å². The summed E-state index contributed by atoms with van der Waals surface area (Å²) < 4.78 is 5.71. The second-order valence-electron chi connectivity index (χ2n) is 7.58. The van der Waals surface area contributed by atoms with Gasteiger partial charge in [0.05, 0.1) is 16.9 Å². The molecule has 1 aliphatic heterocycles. The molecule has 0 radical (unpaired) electrons. The number of nitrogens with one attached hydrogen (secondary N) is 1. The van der Waals surface area contributed by atoms with Crippen LogP contribution in [0.15, 0.2) is 65.5 Å². The molecule has 2 aromatic heterocycles. The Hall–Kier alpha value is -3.07. The van der Waals surface area contributed by atoms with E-state index >= 15 is 0 Å². The van der Waals surface area contributed by atoms with Crippen LogP contribution in [0.3, 0.4) is 0 Å². The van der Waals surface area contributed by atoms with Crippen molar-refractivity contribution < 1.29 is 9.53 Å². The van der Waals surface area contributed by atoms with Crippen LogP contribution >= 0.6 is 22.7 Å². The van der Waals surface area contributed by atoms with Gasteiger partial charge in [-0.1, -0.05) is 30.3 Å². The van der Waals surface area contributed by atoms with Crippen LogP contribution in [0.4, 0.5) is 5.13 Å². The third-order valence-corrected chi connectivity index (χ3v) is 6.90. The number of thiazole rings is 2. The number of fused-ring (bicyclic) bond motifs is 1. The molecule has 0 spiro atoms. The van der Waals surface area contributed by atoms with Crippen LogP contribution in [-0.2, 0) is 26.1 Å². The lowest BCUT2D eigenvalue weighted by molar-refractivity contribution is 0.102. The highest BCUT2D eigenvalue weighted by Gasteiger charge is 2.21. The minimum Gasteiger partial charge on any atom is -0.487 e. The topological polar surface area (TPSA) is 67.4 Å². The summed E-state index contributed by atoms with van der Waals surface area (Å²) in [6.07, 6.45) is 0.902. The van der Waals surface area contributed by atoms with Crippen molar-refractivity contribution in [2.24, 2.45) is 0 Å². The van der Waals surface area contributed by atoms with Gasteiger partial charge in [0.25, 0.3) is 5.91 Å². The molecule has 0 aliphatic carbocycles. The third-order valence-electron chi connectivity index (χ3n) is 5.27. The first kappa shape index (κ1) is 20.8. The number of aromatic nitrogens is 2. The lowest BCUT2D eigenvalue weighted by Crippen LogP contribution is -2.29. The molecule has 162 valence electrons. The molecule has 0 fully saturated rings. The minimum atomic E-state index is -0.164. The minimum absolute atomic E-state index is 0.164. The Bertz CT molecular complexity index is 1170. The zero-order valence-corrected chi connectivity index (χ0v) is 19.0. The van der Waals surface area contributed by atoms with Crippen molar-refractivity contribution >= 4 is 33.7 Å². The molecule has 3 heterocycles. The molecule has 0 bridgehead atoms. The van der Waals surface area contributed by atoms with Crippen molar-refractivity contribution in [2.75, 3.05) is 11.9 Å². The fourth-order valence-corrected chi connectivity index (χ4v) is 5.21. The number of amides is 1. The number of rotatable bonds is 7. The molecule has 5 rings (SSSR count). The van der Waals surface area contributed by atoms with E-state index in [-0.39, 0.29) is 5.91 Å². The maximum atomic E-state index is 12.7. The SMILES string of the molecule is O=C(Nc1nc2c(s1)CN(Cc1ccccc1)CC2)c1ccc(OCc2cscn2)cc1. The largest absolute Gasteiger partial charge is 0.487 e. The Morgan fingerprint density at radius 1 is 1.12 bits per heavy atom. The number of carbonyl (C=O) groups excluding carboxylic acids is 1. The zero-order chi connectivity index (χ0) is 21.8. The Labute approximate surface area is 194 Å².